The summed E-state index contributed by atoms with van der Waals surface area (Å²) in [6.45, 7) is 1.66. The monoisotopic (exact) mass is 270 g/mol. The molecule has 0 spiro atoms. The predicted molar refractivity (Wildman–Crippen MR) is 78.3 cm³/mol. The van der Waals surface area contributed by atoms with Crippen molar-refractivity contribution < 1.29 is 0 Å². The fourth-order valence-corrected chi connectivity index (χ4v) is 2.56. The molecule has 4 nitrogen and oxygen atoms in total. The van der Waals surface area contributed by atoms with E-state index in [1.165, 1.54) is 0 Å². The third-order valence-corrected chi connectivity index (χ3v) is 3.55. The van der Waals surface area contributed by atoms with E-state index < -0.39 is 0 Å². The quantitative estimate of drug-likeness (QED) is 0.774. The molecule has 3 aromatic rings. The average Bonchev–Trinajstić information content (AvgIpc) is 3.11. The van der Waals surface area contributed by atoms with Crippen molar-refractivity contribution in [2.75, 3.05) is 11.9 Å². The minimum Gasteiger partial charge on any atom is -0.360 e. The Kier molecular flexibility index (Phi) is 3.56. The molecule has 0 atom stereocenters. The molecule has 1 aromatic carbocycles. The number of nitrogens with one attached hydrogen (secondary N) is 1. The van der Waals surface area contributed by atoms with Crippen molar-refractivity contribution in [1.82, 2.24) is 14.8 Å². The second-order valence-electron chi connectivity index (χ2n) is 4.10. The zero-order chi connectivity index (χ0) is 12.9. The van der Waals surface area contributed by atoms with Crippen molar-refractivity contribution in [3.63, 3.8) is 0 Å². The summed E-state index contributed by atoms with van der Waals surface area (Å²) >= 11 is 1.63. The van der Waals surface area contributed by atoms with Crippen LogP contribution in [0.4, 0.5) is 5.13 Å². The van der Waals surface area contributed by atoms with E-state index in [0.717, 1.165) is 29.5 Å². The van der Waals surface area contributed by atoms with Crippen molar-refractivity contribution in [3.05, 3.63) is 54.2 Å². The molecular formula is C14H14N4S. The highest BCUT2D eigenvalue weighted by Crippen LogP contribution is 2.24. The van der Waals surface area contributed by atoms with Crippen LogP contribution < -0.4 is 5.32 Å². The molecule has 1 N–H and O–H groups in total. The number of hydrogen-bond donors (Lipinski definition) is 1. The highest BCUT2D eigenvalue weighted by Gasteiger charge is 2.03. The fraction of sp³-hybridized carbons (Fsp3) is 0.143. The third kappa shape index (κ3) is 3.00. The van der Waals surface area contributed by atoms with E-state index in [0.29, 0.717) is 0 Å². The number of aromatic nitrogens is 3. The lowest BCUT2D eigenvalue weighted by atomic mass is 10.2. The maximum absolute atomic E-state index is 4.58. The Labute approximate surface area is 115 Å². The summed E-state index contributed by atoms with van der Waals surface area (Å²) < 4.78 is 1.90. The molecule has 0 radical (unpaired) electrons. The molecule has 19 heavy (non-hydrogen) atoms. The second kappa shape index (κ2) is 5.67. The first-order valence-electron chi connectivity index (χ1n) is 6.14. The molecule has 96 valence electrons. The van der Waals surface area contributed by atoms with E-state index >= 15 is 0 Å². The molecule has 0 saturated carbocycles. The Morgan fingerprint density at radius 3 is 2.84 bits per heavy atom. The minimum atomic E-state index is 0.823. The SMILES string of the molecule is c1ccc(-c2csc(NCCn3cccn3)n2)cc1. The topological polar surface area (TPSA) is 42.7 Å². The van der Waals surface area contributed by atoms with Crippen LogP contribution in [-0.2, 0) is 6.54 Å². The molecule has 0 unspecified atom stereocenters. The average molecular weight is 270 g/mol. The van der Waals surface area contributed by atoms with Gasteiger partial charge in [0.05, 0.1) is 12.2 Å². The Morgan fingerprint density at radius 1 is 1.16 bits per heavy atom. The van der Waals surface area contributed by atoms with Gasteiger partial charge in [-0.1, -0.05) is 30.3 Å². The summed E-state index contributed by atoms with van der Waals surface area (Å²) in [4.78, 5) is 4.58. The van der Waals surface area contributed by atoms with Gasteiger partial charge in [-0.05, 0) is 6.07 Å². The van der Waals surface area contributed by atoms with Gasteiger partial charge in [-0.3, -0.25) is 4.68 Å². The van der Waals surface area contributed by atoms with Crippen molar-refractivity contribution in [2.24, 2.45) is 0 Å². The molecular weight excluding hydrogens is 256 g/mol. The maximum Gasteiger partial charge on any atom is 0.183 e. The lowest BCUT2D eigenvalue weighted by Crippen LogP contribution is -2.10. The van der Waals surface area contributed by atoms with Crippen molar-refractivity contribution in [3.8, 4) is 11.3 Å². The van der Waals surface area contributed by atoms with Crippen LogP contribution in [0.3, 0.4) is 0 Å². The summed E-state index contributed by atoms with van der Waals surface area (Å²) in [5, 5.41) is 10.5. The second-order valence-corrected chi connectivity index (χ2v) is 4.96. The van der Waals surface area contributed by atoms with Gasteiger partial charge in [-0.25, -0.2) is 4.98 Å². The zero-order valence-electron chi connectivity index (χ0n) is 10.4. The Bertz CT molecular complexity index is 616. The van der Waals surface area contributed by atoms with Gasteiger partial charge in [0.25, 0.3) is 0 Å². The fourth-order valence-electron chi connectivity index (χ4n) is 1.81. The lowest BCUT2D eigenvalue weighted by molar-refractivity contribution is 0.638. The molecule has 0 aliphatic rings. The van der Waals surface area contributed by atoms with E-state index in [2.05, 4.69) is 32.9 Å². The highest BCUT2D eigenvalue weighted by atomic mass is 32.1. The van der Waals surface area contributed by atoms with Crippen LogP contribution in [0.15, 0.2) is 54.2 Å². The third-order valence-electron chi connectivity index (χ3n) is 2.75. The van der Waals surface area contributed by atoms with Gasteiger partial charge in [0, 0.05) is 29.9 Å². The molecule has 0 bridgehead atoms. The standard InChI is InChI=1S/C14H14N4S/c1-2-5-12(6-3-1)13-11-19-14(17-13)15-8-10-18-9-4-7-16-18/h1-7,9,11H,8,10H2,(H,15,17). The molecule has 2 aromatic heterocycles. The molecule has 2 heterocycles. The first kappa shape index (κ1) is 11.9. The molecule has 0 aliphatic carbocycles. The van der Waals surface area contributed by atoms with Crippen LogP contribution in [0.25, 0.3) is 11.3 Å². The van der Waals surface area contributed by atoms with Gasteiger partial charge < -0.3 is 5.32 Å². The van der Waals surface area contributed by atoms with E-state index in [-0.39, 0.29) is 0 Å². The smallest absolute Gasteiger partial charge is 0.183 e. The van der Waals surface area contributed by atoms with Crippen LogP contribution in [0, 0.1) is 0 Å². The van der Waals surface area contributed by atoms with E-state index in [4.69, 9.17) is 0 Å². The van der Waals surface area contributed by atoms with E-state index in [1.807, 2.05) is 35.1 Å². The highest BCUT2D eigenvalue weighted by molar-refractivity contribution is 7.14. The summed E-state index contributed by atoms with van der Waals surface area (Å²) in [5.41, 5.74) is 2.17. The molecule has 5 heteroatoms. The first-order valence-corrected chi connectivity index (χ1v) is 7.02. The van der Waals surface area contributed by atoms with Gasteiger partial charge in [-0.2, -0.15) is 5.10 Å². The number of nitrogens with zero attached hydrogens (tertiary/aromatic N) is 3. The number of anilines is 1. The summed E-state index contributed by atoms with van der Waals surface area (Å²) in [6, 6.07) is 12.1. The van der Waals surface area contributed by atoms with Crippen LogP contribution >= 0.6 is 11.3 Å². The summed E-state index contributed by atoms with van der Waals surface area (Å²) in [7, 11) is 0. The van der Waals surface area contributed by atoms with Crippen LogP contribution in [0.1, 0.15) is 0 Å². The molecule has 0 saturated heterocycles. The number of benzene rings is 1. The normalized spacial score (nSPS) is 10.5. The van der Waals surface area contributed by atoms with Gasteiger partial charge in [0.2, 0.25) is 0 Å². The van der Waals surface area contributed by atoms with Crippen LogP contribution in [0.5, 0.6) is 0 Å². The zero-order valence-corrected chi connectivity index (χ0v) is 11.2. The molecule has 0 amide bonds. The Morgan fingerprint density at radius 2 is 2.05 bits per heavy atom. The largest absolute Gasteiger partial charge is 0.360 e. The van der Waals surface area contributed by atoms with Crippen molar-refractivity contribution in [2.45, 2.75) is 6.54 Å². The van der Waals surface area contributed by atoms with Crippen LogP contribution in [0.2, 0.25) is 0 Å². The first-order chi connectivity index (χ1) is 9.42. The van der Waals surface area contributed by atoms with E-state index in [9.17, 15) is 0 Å². The van der Waals surface area contributed by atoms with E-state index in [1.54, 1.807) is 17.5 Å². The molecule has 3 rings (SSSR count). The van der Waals surface area contributed by atoms with Crippen molar-refractivity contribution in [1.29, 1.82) is 0 Å². The van der Waals surface area contributed by atoms with Gasteiger partial charge >= 0.3 is 0 Å². The lowest BCUT2D eigenvalue weighted by Gasteiger charge is -2.02. The summed E-state index contributed by atoms with van der Waals surface area (Å²) in [5.74, 6) is 0. The number of thiazole rings is 1. The number of rotatable bonds is 5. The maximum atomic E-state index is 4.58. The van der Waals surface area contributed by atoms with Gasteiger partial charge in [-0.15, -0.1) is 11.3 Å². The molecule has 0 fully saturated rings. The minimum absolute atomic E-state index is 0.823. The van der Waals surface area contributed by atoms with Gasteiger partial charge in [0.15, 0.2) is 5.13 Å². The Hall–Kier alpha value is -2.14. The summed E-state index contributed by atoms with van der Waals surface area (Å²) in [6.07, 6.45) is 3.75. The molecule has 0 aliphatic heterocycles. The predicted octanol–water partition coefficient (Wildman–Crippen LogP) is 3.12. The Balaban J connectivity index is 1.59. The van der Waals surface area contributed by atoms with Crippen molar-refractivity contribution >= 4 is 16.5 Å². The number of hydrogen-bond acceptors (Lipinski definition) is 4. The van der Waals surface area contributed by atoms with Gasteiger partial charge in [0.1, 0.15) is 0 Å². The van der Waals surface area contributed by atoms with Crippen LogP contribution in [-0.4, -0.2) is 21.3 Å².